The Kier molecular flexibility index (Phi) is 5.56. The van der Waals surface area contributed by atoms with Crippen molar-refractivity contribution in [3.8, 4) is 16.9 Å². The van der Waals surface area contributed by atoms with Crippen LogP contribution < -0.4 is 5.56 Å². The number of carbonyl (C=O) groups excluding carboxylic acids is 1. The molecule has 2 aromatic heterocycles. The third-order valence-electron chi connectivity index (χ3n) is 6.07. The van der Waals surface area contributed by atoms with Gasteiger partial charge in [0.05, 0.1) is 18.9 Å². The first kappa shape index (κ1) is 21.2. The smallest absolute Gasteiger partial charge is 0.252 e. The third-order valence-corrected chi connectivity index (χ3v) is 6.07. The van der Waals surface area contributed by atoms with Crippen LogP contribution in [0.15, 0.2) is 65.5 Å². The van der Waals surface area contributed by atoms with Crippen molar-refractivity contribution < 1.29 is 9.53 Å². The number of nitrogens with zero attached hydrogens (tertiary/aromatic N) is 4. The zero-order valence-electron chi connectivity index (χ0n) is 18.8. The molecule has 0 bridgehead atoms. The van der Waals surface area contributed by atoms with E-state index in [0.717, 1.165) is 33.5 Å². The number of hydrogen-bond donors (Lipinski definition) is 0. The molecule has 0 spiro atoms. The summed E-state index contributed by atoms with van der Waals surface area (Å²) in [5, 5.41) is 5.84. The second kappa shape index (κ2) is 8.67. The highest BCUT2D eigenvalue weighted by atomic mass is 16.5. The lowest BCUT2D eigenvalue weighted by Crippen LogP contribution is -2.43. The van der Waals surface area contributed by atoms with Crippen molar-refractivity contribution in [1.82, 2.24) is 19.2 Å². The lowest BCUT2D eigenvalue weighted by molar-refractivity contribution is -0.135. The number of morpholine rings is 1. The standard InChI is InChI=1S/C26H26N4O3/c1-18-7-6-8-20(15-18)25-24-19(2)16-22(31)29(17-23(32)28-11-13-33-14-12-28)26(24)30(27-25)21-9-4-3-5-10-21/h3-10,15-16H,11-14,17H2,1-2H3. The SMILES string of the molecule is Cc1cccc(-c2nn(-c3ccccc3)c3c2c(C)cc(=O)n3CC(=O)N2CCOCC2)c1. The van der Waals surface area contributed by atoms with Gasteiger partial charge in [-0.15, -0.1) is 0 Å². The minimum absolute atomic E-state index is 0.0403. The number of amides is 1. The van der Waals surface area contributed by atoms with Gasteiger partial charge in [0.25, 0.3) is 5.56 Å². The van der Waals surface area contributed by atoms with Crippen molar-refractivity contribution in [2.24, 2.45) is 0 Å². The van der Waals surface area contributed by atoms with E-state index in [-0.39, 0.29) is 18.0 Å². The molecule has 1 saturated heterocycles. The molecule has 1 aliphatic rings. The molecule has 7 nitrogen and oxygen atoms in total. The lowest BCUT2D eigenvalue weighted by Gasteiger charge is -2.27. The maximum atomic E-state index is 13.2. The molecular formula is C26H26N4O3. The van der Waals surface area contributed by atoms with Crippen LogP contribution in [0.4, 0.5) is 0 Å². The molecule has 33 heavy (non-hydrogen) atoms. The fourth-order valence-electron chi connectivity index (χ4n) is 4.41. The Bertz CT molecular complexity index is 1380. The summed E-state index contributed by atoms with van der Waals surface area (Å²) in [6.07, 6.45) is 0. The molecule has 7 heteroatoms. The molecule has 168 valence electrons. The van der Waals surface area contributed by atoms with Gasteiger partial charge in [0.2, 0.25) is 5.91 Å². The van der Waals surface area contributed by atoms with Crippen molar-refractivity contribution in [3.63, 3.8) is 0 Å². The largest absolute Gasteiger partial charge is 0.378 e. The predicted molar refractivity (Wildman–Crippen MR) is 128 cm³/mol. The molecule has 1 fully saturated rings. The average Bonchev–Trinajstić information content (AvgIpc) is 3.24. The number of benzene rings is 2. The van der Waals surface area contributed by atoms with Crippen molar-refractivity contribution in [3.05, 3.63) is 82.1 Å². The van der Waals surface area contributed by atoms with E-state index in [9.17, 15) is 9.59 Å². The second-order valence-electron chi connectivity index (χ2n) is 8.41. The lowest BCUT2D eigenvalue weighted by atomic mass is 10.0. The molecule has 0 aliphatic carbocycles. The Balaban J connectivity index is 1.75. The van der Waals surface area contributed by atoms with E-state index in [1.807, 2.05) is 62.4 Å². The van der Waals surface area contributed by atoms with Crippen LogP contribution in [-0.2, 0) is 16.1 Å². The normalized spacial score (nSPS) is 14.1. The summed E-state index contributed by atoms with van der Waals surface area (Å²) in [4.78, 5) is 28.0. The van der Waals surface area contributed by atoms with Crippen molar-refractivity contribution >= 4 is 16.9 Å². The number of rotatable bonds is 4. The zero-order chi connectivity index (χ0) is 22.9. The van der Waals surface area contributed by atoms with Crippen molar-refractivity contribution in [2.75, 3.05) is 26.3 Å². The van der Waals surface area contributed by atoms with E-state index < -0.39 is 0 Å². The molecule has 0 atom stereocenters. The second-order valence-corrected chi connectivity index (χ2v) is 8.41. The Labute approximate surface area is 191 Å². The summed E-state index contributed by atoms with van der Waals surface area (Å²) >= 11 is 0. The van der Waals surface area contributed by atoms with Crippen molar-refractivity contribution in [2.45, 2.75) is 20.4 Å². The quantitative estimate of drug-likeness (QED) is 0.486. The van der Waals surface area contributed by atoms with Crippen LogP contribution in [0.1, 0.15) is 11.1 Å². The molecule has 5 rings (SSSR count). The minimum atomic E-state index is -0.213. The van der Waals surface area contributed by atoms with Gasteiger partial charge in [0.15, 0.2) is 0 Å². The number of fused-ring (bicyclic) bond motifs is 1. The van der Waals surface area contributed by atoms with E-state index >= 15 is 0 Å². The molecule has 0 unspecified atom stereocenters. The van der Waals surface area contributed by atoms with Crippen LogP contribution in [0.3, 0.4) is 0 Å². The number of carbonyl (C=O) groups is 1. The minimum Gasteiger partial charge on any atom is -0.378 e. The van der Waals surface area contributed by atoms with Gasteiger partial charge in [-0.1, -0.05) is 42.0 Å². The van der Waals surface area contributed by atoms with E-state index in [1.165, 1.54) is 0 Å². The first-order chi connectivity index (χ1) is 16.0. The highest BCUT2D eigenvalue weighted by molar-refractivity contribution is 5.95. The number of para-hydroxylation sites is 1. The summed E-state index contributed by atoms with van der Waals surface area (Å²) in [6.45, 7) is 6.04. The number of hydrogen-bond acceptors (Lipinski definition) is 4. The fourth-order valence-corrected chi connectivity index (χ4v) is 4.41. The van der Waals surface area contributed by atoms with Crippen LogP contribution in [0, 0.1) is 13.8 Å². The van der Waals surface area contributed by atoms with Gasteiger partial charge in [0.1, 0.15) is 17.9 Å². The Morgan fingerprint density at radius 2 is 1.76 bits per heavy atom. The van der Waals surface area contributed by atoms with Gasteiger partial charge in [-0.05, 0) is 37.6 Å². The molecule has 4 aromatic rings. The summed E-state index contributed by atoms with van der Waals surface area (Å²) < 4.78 is 8.71. The first-order valence-corrected chi connectivity index (χ1v) is 11.1. The first-order valence-electron chi connectivity index (χ1n) is 11.1. The van der Waals surface area contributed by atoms with Gasteiger partial charge in [0, 0.05) is 30.1 Å². The average molecular weight is 443 g/mol. The van der Waals surface area contributed by atoms with E-state index in [4.69, 9.17) is 9.84 Å². The highest BCUT2D eigenvalue weighted by Crippen LogP contribution is 2.32. The number of ether oxygens (including phenoxy) is 1. The van der Waals surface area contributed by atoms with Crippen molar-refractivity contribution in [1.29, 1.82) is 0 Å². The summed E-state index contributed by atoms with van der Waals surface area (Å²) in [5.74, 6) is -0.0940. The summed E-state index contributed by atoms with van der Waals surface area (Å²) in [5.41, 5.74) is 4.98. The van der Waals surface area contributed by atoms with Gasteiger partial charge >= 0.3 is 0 Å². The van der Waals surface area contributed by atoms with Gasteiger partial charge in [-0.2, -0.15) is 5.10 Å². The Morgan fingerprint density at radius 1 is 1.00 bits per heavy atom. The fraction of sp³-hybridized carbons (Fsp3) is 0.269. The molecule has 0 radical (unpaired) electrons. The van der Waals surface area contributed by atoms with E-state index in [1.54, 1.807) is 20.2 Å². The van der Waals surface area contributed by atoms with Crippen LogP contribution in [0.5, 0.6) is 0 Å². The third kappa shape index (κ3) is 3.96. The Hall–Kier alpha value is -3.71. The van der Waals surface area contributed by atoms with E-state index in [2.05, 4.69) is 6.07 Å². The zero-order valence-corrected chi connectivity index (χ0v) is 18.8. The topological polar surface area (TPSA) is 69.4 Å². The predicted octanol–water partition coefficient (Wildman–Crippen LogP) is 3.33. The van der Waals surface area contributed by atoms with Crippen LogP contribution in [0.2, 0.25) is 0 Å². The highest BCUT2D eigenvalue weighted by Gasteiger charge is 2.23. The molecule has 0 saturated carbocycles. The summed E-state index contributed by atoms with van der Waals surface area (Å²) in [7, 11) is 0. The molecule has 2 aromatic carbocycles. The number of pyridine rings is 1. The molecule has 1 amide bonds. The van der Waals surface area contributed by atoms with Gasteiger partial charge in [-0.3, -0.25) is 14.2 Å². The summed E-state index contributed by atoms with van der Waals surface area (Å²) in [6, 6.07) is 19.5. The molecule has 3 heterocycles. The molecule has 0 N–H and O–H groups in total. The maximum Gasteiger partial charge on any atom is 0.252 e. The van der Waals surface area contributed by atoms with E-state index in [0.29, 0.717) is 32.0 Å². The van der Waals surface area contributed by atoms with Gasteiger partial charge in [-0.25, -0.2) is 4.68 Å². The van der Waals surface area contributed by atoms with Gasteiger partial charge < -0.3 is 9.64 Å². The van der Waals surface area contributed by atoms with Crippen LogP contribution >= 0.6 is 0 Å². The maximum absolute atomic E-state index is 13.2. The van der Waals surface area contributed by atoms with Crippen LogP contribution in [0.25, 0.3) is 28.0 Å². The number of aromatic nitrogens is 3. The number of aryl methyl sites for hydroxylation is 2. The molecule has 1 aliphatic heterocycles. The molecular weight excluding hydrogens is 416 g/mol. The monoisotopic (exact) mass is 442 g/mol. The van der Waals surface area contributed by atoms with Crippen LogP contribution in [-0.4, -0.2) is 51.5 Å². The Morgan fingerprint density at radius 3 is 2.48 bits per heavy atom.